The molecular weight excluding hydrogens is 301 g/mol. The first-order valence-corrected chi connectivity index (χ1v) is 7.67. The number of hydrogen-bond acceptors (Lipinski definition) is 2. The van der Waals surface area contributed by atoms with Crippen molar-refractivity contribution >= 4 is 17.4 Å². The van der Waals surface area contributed by atoms with E-state index in [4.69, 9.17) is 11.6 Å². The Morgan fingerprint density at radius 3 is 2.50 bits per heavy atom. The summed E-state index contributed by atoms with van der Waals surface area (Å²) >= 11 is 5.88. The van der Waals surface area contributed by atoms with Crippen molar-refractivity contribution in [3.63, 3.8) is 0 Å². The Bertz CT molecular complexity index is 686. The zero-order chi connectivity index (χ0) is 15.7. The van der Waals surface area contributed by atoms with E-state index in [0.717, 1.165) is 0 Å². The first-order chi connectivity index (χ1) is 10.6. The first kappa shape index (κ1) is 15.2. The quantitative estimate of drug-likeness (QED) is 0.797. The van der Waals surface area contributed by atoms with Crippen LogP contribution in [0.4, 0.5) is 4.39 Å². The van der Waals surface area contributed by atoms with Crippen LogP contribution in [0.1, 0.15) is 21.8 Å². The van der Waals surface area contributed by atoms with Crippen LogP contribution in [-0.2, 0) is 0 Å². The minimum Gasteiger partial charge on any atom is -0.305 e. The minimum atomic E-state index is -0.239. The number of benzene rings is 2. The van der Waals surface area contributed by atoms with Crippen molar-refractivity contribution in [1.82, 2.24) is 4.90 Å². The van der Waals surface area contributed by atoms with Gasteiger partial charge < -0.3 is 4.90 Å². The van der Waals surface area contributed by atoms with Crippen molar-refractivity contribution in [2.24, 2.45) is 5.92 Å². The lowest BCUT2D eigenvalue weighted by Gasteiger charge is -2.18. The second-order valence-corrected chi connectivity index (χ2v) is 6.26. The monoisotopic (exact) mass is 317 g/mol. The molecule has 2 aromatic carbocycles. The molecule has 22 heavy (non-hydrogen) atoms. The molecule has 2 atom stereocenters. The lowest BCUT2D eigenvalue weighted by Crippen LogP contribution is -2.22. The van der Waals surface area contributed by atoms with Gasteiger partial charge in [-0.05, 0) is 42.9 Å². The standard InChI is InChI=1S/C18H17ClFNO/c1-21-10-15(14-4-2-3-5-17(14)20)16(11-21)18(22)12-6-8-13(19)9-7-12/h2-9,15-16H,10-11H2,1H3/t15-,16+/m1/s1. The Morgan fingerprint density at radius 2 is 1.82 bits per heavy atom. The largest absolute Gasteiger partial charge is 0.305 e. The molecule has 0 aromatic heterocycles. The highest BCUT2D eigenvalue weighted by atomic mass is 35.5. The van der Waals surface area contributed by atoms with Gasteiger partial charge in [0.05, 0.1) is 0 Å². The average Bonchev–Trinajstić information content (AvgIpc) is 2.89. The zero-order valence-electron chi connectivity index (χ0n) is 12.3. The molecule has 1 aliphatic heterocycles. The maximum atomic E-state index is 14.1. The number of carbonyl (C=O) groups is 1. The van der Waals surface area contributed by atoms with E-state index in [-0.39, 0.29) is 23.4 Å². The molecule has 0 radical (unpaired) electrons. The summed E-state index contributed by atoms with van der Waals surface area (Å²) in [4.78, 5) is 14.9. The van der Waals surface area contributed by atoms with Crippen molar-refractivity contribution in [3.8, 4) is 0 Å². The van der Waals surface area contributed by atoms with Crippen molar-refractivity contribution in [2.45, 2.75) is 5.92 Å². The summed E-state index contributed by atoms with van der Waals surface area (Å²) in [6, 6.07) is 13.6. The Labute approximate surface area is 134 Å². The van der Waals surface area contributed by atoms with Gasteiger partial charge in [0, 0.05) is 35.5 Å². The second kappa shape index (κ2) is 6.19. The molecule has 0 bridgehead atoms. The Kier molecular flexibility index (Phi) is 4.27. The summed E-state index contributed by atoms with van der Waals surface area (Å²) in [5.74, 6) is -0.538. The first-order valence-electron chi connectivity index (χ1n) is 7.29. The molecule has 0 unspecified atom stereocenters. The van der Waals surface area contributed by atoms with E-state index in [1.807, 2.05) is 13.1 Å². The molecule has 1 aliphatic rings. The predicted octanol–water partition coefficient (Wildman–Crippen LogP) is 4.01. The third-order valence-corrected chi connectivity index (χ3v) is 4.52. The summed E-state index contributed by atoms with van der Waals surface area (Å²) < 4.78 is 14.1. The van der Waals surface area contributed by atoms with Crippen molar-refractivity contribution in [3.05, 3.63) is 70.5 Å². The van der Waals surface area contributed by atoms with Crippen molar-refractivity contribution < 1.29 is 9.18 Å². The van der Waals surface area contributed by atoms with Crippen LogP contribution in [0, 0.1) is 11.7 Å². The van der Waals surface area contributed by atoms with E-state index in [0.29, 0.717) is 29.2 Å². The van der Waals surface area contributed by atoms with Crippen molar-refractivity contribution in [2.75, 3.05) is 20.1 Å². The van der Waals surface area contributed by atoms with E-state index in [9.17, 15) is 9.18 Å². The second-order valence-electron chi connectivity index (χ2n) is 5.83. The number of halogens is 2. The topological polar surface area (TPSA) is 20.3 Å². The molecule has 0 N–H and O–H groups in total. The fraction of sp³-hybridized carbons (Fsp3) is 0.278. The zero-order valence-corrected chi connectivity index (χ0v) is 13.1. The Morgan fingerprint density at radius 1 is 1.14 bits per heavy atom. The number of rotatable bonds is 3. The number of hydrogen-bond donors (Lipinski definition) is 0. The normalized spacial score (nSPS) is 22.0. The lowest BCUT2D eigenvalue weighted by atomic mass is 9.83. The summed E-state index contributed by atoms with van der Waals surface area (Å²) in [5.41, 5.74) is 1.25. The lowest BCUT2D eigenvalue weighted by molar-refractivity contribution is 0.0915. The summed E-state index contributed by atoms with van der Waals surface area (Å²) in [5, 5.41) is 0.603. The number of nitrogens with zero attached hydrogens (tertiary/aromatic N) is 1. The van der Waals surface area contributed by atoms with Gasteiger partial charge in [0.2, 0.25) is 0 Å². The highest BCUT2D eigenvalue weighted by Crippen LogP contribution is 2.35. The molecule has 0 amide bonds. The minimum absolute atomic E-state index is 0.0502. The van der Waals surface area contributed by atoms with Crippen LogP contribution in [0.25, 0.3) is 0 Å². The number of likely N-dealkylation sites (N-methyl/N-ethyl adjacent to an activating group) is 1. The molecule has 0 spiro atoms. The van der Waals surface area contributed by atoms with Gasteiger partial charge in [-0.1, -0.05) is 29.8 Å². The molecule has 2 nitrogen and oxygen atoms in total. The van der Waals surface area contributed by atoms with E-state index < -0.39 is 0 Å². The van der Waals surface area contributed by atoms with Crippen LogP contribution >= 0.6 is 11.6 Å². The molecule has 0 saturated carbocycles. The van der Waals surface area contributed by atoms with Gasteiger partial charge >= 0.3 is 0 Å². The predicted molar refractivity (Wildman–Crippen MR) is 85.9 cm³/mol. The Balaban J connectivity index is 1.92. The van der Waals surface area contributed by atoms with Crippen LogP contribution in [0.15, 0.2) is 48.5 Å². The smallest absolute Gasteiger partial charge is 0.167 e. The van der Waals surface area contributed by atoms with Crippen molar-refractivity contribution in [1.29, 1.82) is 0 Å². The van der Waals surface area contributed by atoms with Gasteiger partial charge in [0.25, 0.3) is 0 Å². The molecule has 0 aliphatic carbocycles. The number of likely N-dealkylation sites (tertiary alicyclic amines) is 1. The molecule has 1 heterocycles. The molecular formula is C18H17ClFNO. The van der Waals surface area contributed by atoms with Gasteiger partial charge in [-0.2, -0.15) is 0 Å². The average molecular weight is 318 g/mol. The van der Waals surface area contributed by atoms with Gasteiger partial charge in [0.1, 0.15) is 5.82 Å². The van der Waals surface area contributed by atoms with Gasteiger partial charge in [-0.25, -0.2) is 4.39 Å². The SMILES string of the molecule is CN1C[C@H](C(=O)c2ccc(Cl)cc2)[C@@H](c2ccccc2F)C1. The van der Waals surface area contributed by atoms with Crippen LogP contribution < -0.4 is 0 Å². The number of carbonyl (C=O) groups excluding carboxylic acids is 1. The molecule has 4 heteroatoms. The van der Waals surface area contributed by atoms with Gasteiger partial charge in [-0.15, -0.1) is 0 Å². The maximum Gasteiger partial charge on any atom is 0.167 e. The highest BCUT2D eigenvalue weighted by molar-refractivity contribution is 6.30. The van der Waals surface area contributed by atoms with E-state index in [1.54, 1.807) is 36.4 Å². The van der Waals surface area contributed by atoms with Crippen LogP contribution in [0.3, 0.4) is 0 Å². The van der Waals surface area contributed by atoms with Crippen LogP contribution in [-0.4, -0.2) is 30.8 Å². The third-order valence-electron chi connectivity index (χ3n) is 4.27. The number of Topliss-reactive ketones (excluding diaryl/α,β-unsaturated/α-hetero) is 1. The van der Waals surface area contributed by atoms with E-state index in [1.165, 1.54) is 6.07 Å². The Hall–Kier alpha value is -1.71. The van der Waals surface area contributed by atoms with Gasteiger partial charge in [-0.3, -0.25) is 4.79 Å². The third kappa shape index (κ3) is 2.92. The van der Waals surface area contributed by atoms with Crippen LogP contribution in [0.5, 0.6) is 0 Å². The highest BCUT2D eigenvalue weighted by Gasteiger charge is 2.38. The number of ketones is 1. The molecule has 1 fully saturated rings. The van der Waals surface area contributed by atoms with Gasteiger partial charge in [0.15, 0.2) is 5.78 Å². The summed E-state index contributed by atoms with van der Waals surface area (Å²) in [7, 11) is 1.96. The fourth-order valence-electron chi connectivity index (χ4n) is 3.19. The van der Waals surface area contributed by atoms with E-state index in [2.05, 4.69) is 4.90 Å². The molecule has 114 valence electrons. The maximum absolute atomic E-state index is 14.1. The molecule has 3 rings (SSSR count). The summed E-state index contributed by atoms with van der Waals surface area (Å²) in [6.07, 6.45) is 0. The fourth-order valence-corrected chi connectivity index (χ4v) is 3.31. The van der Waals surface area contributed by atoms with E-state index >= 15 is 0 Å². The molecule has 2 aromatic rings. The van der Waals surface area contributed by atoms with Crippen LogP contribution in [0.2, 0.25) is 5.02 Å². The summed E-state index contributed by atoms with van der Waals surface area (Å²) in [6.45, 7) is 1.32. The molecule has 1 saturated heterocycles.